The van der Waals surface area contributed by atoms with Crippen LogP contribution in [0.3, 0.4) is 0 Å². The topological polar surface area (TPSA) is 30.5 Å². The van der Waals surface area contributed by atoms with Crippen molar-refractivity contribution >= 4 is 5.69 Å². The van der Waals surface area contributed by atoms with Crippen LogP contribution in [0.4, 0.5) is 5.69 Å². The molecule has 0 spiro atoms. The van der Waals surface area contributed by atoms with Gasteiger partial charge in [0.1, 0.15) is 0 Å². The zero-order chi connectivity index (χ0) is 16.7. The average Bonchev–Trinajstić information content (AvgIpc) is 3.01. The van der Waals surface area contributed by atoms with Gasteiger partial charge in [0, 0.05) is 24.8 Å². The highest BCUT2D eigenvalue weighted by atomic mass is 15.7. The molecule has 2 aromatic rings. The third-order valence-corrected chi connectivity index (χ3v) is 5.27. The number of anilines is 1. The van der Waals surface area contributed by atoms with E-state index in [1.165, 1.54) is 22.4 Å². The molecule has 2 heterocycles. The maximum absolute atomic E-state index is 3.53. The molecular weight excluding hydrogens is 296 g/mol. The summed E-state index contributed by atoms with van der Waals surface area (Å²) in [7, 11) is 0. The summed E-state index contributed by atoms with van der Waals surface area (Å²) in [6, 6.07) is 18.7. The van der Waals surface area contributed by atoms with Crippen LogP contribution in [0.1, 0.15) is 49.5 Å². The molecule has 0 amide bonds. The predicted molar refractivity (Wildman–Crippen MR) is 98.3 cm³/mol. The monoisotopic (exact) mass is 322 g/mol. The van der Waals surface area contributed by atoms with E-state index in [1.54, 1.807) is 0 Å². The van der Waals surface area contributed by atoms with Crippen molar-refractivity contribution in [3.05, 3.63) is 65.2 Å². The van der Waals surface area contributed by atoms with E-state index in [0.717, 1.165) is 13.1 Å². The van der Waals surface area contributed by atoms with E-state index >= 15 is 0 Å². The van der Waals surface area contributed by atoms with Gasteiger partial charge in [0.2, 0.25) is 0 Å². The fraction of sp³-hybridized carbons (Fsp3) is 0.400. The molecule has 0 saturated carbocycles. The van der Waals surface area contributed by atoms with E-state index < -0.39 is 0 Å². The summed E-state index contributed by atoms with van der Waals surface area (Å²) < 4.78 is 0. The second-order valence-corrected chi connectivity index (χ2v) is 6.94. The minimum atomic E-state index is 0.240. The summed E-state index contributed by atoms with van der Waals surface area (Å²) in [5.74, 6) is 0. The lowest BCUT2D eigenvalue weighted by molar-refractivity contribution is 0.185. The lowest BCUT2D eigenvalue weighted by Gasteiger charge is -2.37. The summed E-state index contributed by atoms with van der Waals surface area (Å²) in [6.45, 7) is 8.66. The van der Waals surface area contributed by atoms with Gasteiger partial charge < -0.3 is 4.90 Å². The van der Waals surface area contributed by atoms with Gasteiger partial charge in [0.25, 0.3) is 0 Å². The first-order valence-electron chi connectivity index (χ1n) is 8.92. The summed E-state index contributed by atoms with van der Waals surface area (Å²) in [6.07, 6.45) is 0. The third-order valence-electron chi connectivity index (χ3n) is 5.27. The Morgan fingerprint density at radius 2 is 1.75 bits per heavy atom. The van der Waals surface area contributed by atoms with Gasteiger partial charge in [0.05, 0.1) is 12.1 Å². The summed E-state index contributed by atoms with van der Waals surface area (Å²) in [5.41, 5.74) is 12.5. The summed E-state index contributed by atoms with van der Waals surface area (Å²) in [5, 5.41) is 2.31. The molecule has 2 N–H and O–H groups in total. The van der Waals surface area contributed by atoms with Crippen LogP contribution in [0.2, 0.25) is 0 Å². The van der Waals surface area contributed by atoms with Gasteiger partial charge >= 0.3 is 0 Å². The second kappa shape index (κ2) is 6.20. The van der Waals surface area contributed by atoms with Gasteiger partial charge in [-0.1, -0.05) is 49.4 Å². The molecule has 0 radical (unpaired) electrons. The molecule has 4 heteroatoms. The number of fused-ring (bicyclic) bond motifs is 5. The third kappa shape index (κ3) is 2.42. The maximum Gasteiger partial charge on any atom is 0.0718 e. The van der Waals surface area contributed by atoms with Crippen LogP contribution < -0.4 is 15.9 Å². The van der Waals surface area contributed by atoms with Crippen LogP contribution in [-0.2, 0) is 6.54 Å². The van der Waals surface area contributed by atoms with Gasteiger partial charge in [0.15, 0.2) is 0 Å². The maximum atomic E-state index is 3.53. The van der Waals surface area contributed by atoms with E-state index in [-0.39, 0.29) is 6.04 Å². The Bertz CT molecular complexity index is 727. The molecule has 4 nitrogen and oxygen atoms in total. The smallest absolute Gasteiger partial charge is 0.0718 e. The Labute approximate surface area is 144 Å². The Kier molecular flexibility index (Phi) is 4.04. The average molecular weight is 322 g/mol. The van der Waals surface area contributed by atoms with Crippen LogP contribution in [0.25, 0.3) is 0 Å². The standard InChI is InChI=1S/C20H26N4/c1-4-24-20-16-10-6-5-9-15(16)13-23(14(2)3)18-12-8-7-11-17(18)19(20)21-22-24/h5-12,14,19-22H,4,13H2,1-3H3. The zero-order valence-electron chi connectivity index (χ0n) is 14.7. The van der Waals surface area contributed by atoms with Crippen molar-refractivity contribution < 1.29 is 0 Å². The van der Waals surface area contributed by atoms with E-state index in [4.69, 9.17) is 0 Å². The SMILES string of the molecule is CCN1NNC2c3ccccc3N(C(C)C)Cc3ccccc3C21. The van der Waals surface area contributed by atoms with Crippen molar-refractivity contribution in [2.45, 2.75) is 45.4 Å². The molecule has 126 valence electrons. The van der Waals surface area contributed by atoms with Crippen LogP contribution in [0.15, 0.2) is 48.5 Å². The van der Waals surface area contributed by atoms with Crippen molar-refractivity contribution in [2.24, 2.45) is 0 Å². The molecule has 2 aromatic carbocycles. The Hall–Kier alpha value is -1.88. The molecule has 0 bridgehead atoms. The number of likely N-dealkylation sites (N-methyl/N-ethyl adjacent to an activating group) is 1. The number of nitrogens with zero attached hydrogens (tertiary/aromatic N) is 2. The van der Waals surface area contributed by atoms with Crippen molar-refractivity contribution in [1.82, 2.24) is 16.0 Å². The van der Waals surface area contributed by atoms with Gasteiger partial charge in [-0.05, 0) is 36.6 Å². The van der Waals surface area contributed by atoms with Gasteiger partial charge in [-0.3, -0.25) is 0 Å². The van der Waals surface area contributed by atoms with Crippen molar-refractivity contribution in [3.8, 4) is 0 Å². The molecule has 2 atom stereocenters. The van der Waals surface area contributed by atoms with Gasteiger partial charge in [-0.2, -0.15) is 5.53 Å². The Morgan fingerprint density at radius 1 is 1.04 bits per heavy atom. The molecule has 2 unspecified atom stereocenters. The number of hydrazine groups is 2. The van der Waals surface area contributed by atoms with Gasteiger partial charge in [-0.25, -0.2) is 10.4 Å². The number of nitrogens with one attached hydrogen (secondary N) is 2. The largest absolute Gasteiger partial charge is 0.364 e. The molecule has 1 saturated heterocycles. The van der Waals surface area contributed by atoms with Crippen molar-refractivity contribution in [3.63, 3.8) is 0 Å². The van der Waals surface area contributed by atoms with Crippen molar-refractivity contribution in [1.29, 1.82) is 0 Å². The predicted octanol–water partition coefficient (Wildman–Crippen LogP) is 3.54. The van der Waals surface area contributed by atoms with E-state index in [1.807, 2.05) is 0 Å². The fourth-order valence-corrected chi connectivity index (χ4v) is 4.06. The first-order valence-corrected chi connectivity index (χ1v) is 8.92. The van der Waals surface area contributed by atoms with E-state index in [0.29, 0.717) is 12.1 Å². The Morgan fingerprint density at radius 3 is 2.50 bits per heavy atom. The molecular formula is C20H26N4. The van der Waals surface area contributed by atoms with Crippen LogP contribution in [0, 0.1) is 0 Å². The second-order valence-electron chi connectivity index (χ2n) is 6.94. The molecule has 2 aliphatic rings. The number of hydrogen-bond donors (Lipinski definition) is 2. The van der Waals surface area contributed by atoms with Crippen LogP contribution in [0.5, 0.6) is 0 Å². The number of rotatable bonds is 2. The molecule has 0 aromatic heterocycles. The number of para-hydroxylation sites is 1. The van der Waals surface area contributed by atoms with E-state index in [9.17, 15) is 0 Å². The highest BCUT2D eigenvalue weighted by Crippen LogP contribution is 2.43. The lowest BCUT2D eigenvalue weighted by Crippen LogP contribution is -2.37. The zero-order valence-corrected chi connectivity index (χ0v) is 14.7. The highest BCUT2D eigenvalue weighted by molar-refractivity contribution is 5.58. The molecule has 1 fully saturated rings. The number of benzene rings is 2. The van der Waals surface area contributed by atoms with E-state index in [2.05, 4.69) is 90.2 Å². The quantitative estimate of drug-likeness (QED) is 0.885. The first kappa shape index (κ1) is 15.6. The Balaban J connectivity index is 1.92. The molecule has 4 rings (SSSR count). The normalized spacial score (nSPS) is 23.4. The van der Waals surface area contributed by atoms with Crippen LogP contribution in [-0.4, -0.2) is 17.6 Å². The minimum absolute atomic E-state index is 0.240. The molecule has 0 aliphatic carbocycles. The highest BCUT2D eigenvalue weighted by Gasteiger charge is 2.39. The minimum Gasteiger partial charge on any atom is -0.364 e. The molecule has 24 heavy (non-hydrogen) atoms. The first-order chi connectivity index (χ1) is 11.7. The van der Waals surface area contributed by atoms with Crippen molar-refractivity contribution in [2.75, 3.05) is 11.4 Å². The van der Waals surface area contributed by atoms with Gasteiger partial charge in [-0.15, -0.1) is 0 Å². The summed E-state index contributed by atoms with van der Waals surface area (Å²) >= 11 is 0. The lowest BCUT2D eigenvalue weighted by atomic mass is 9.87. The number of hydrogen-bond acceptors (Lipinski definition) is 4. The fourth-order valence-electron chi connectivity index (χ4n) is 4.06. The molecule has 2 aliphatic heterocycles. The summed E-state index contributed by atoms with van der Waals surface area (Å²) in [4.78, 5) is 2.51. The van der Waals surface area contributed by atoms with Crippen LogP contribution >= 0.6 is 0 Å².